The monoisotopic (exact) mass is 279 g/mol. The van der Waals surface area contributed by atoms with Gasteiger partial charge >= 0.3 is 0 Å². The third kappa shape index (κ3) is 6.17. The van der Waals surface area contributed by atoms with Crippen LogP contribution in [-0.4, -0.2) is 53.1 Å². The molecule has 0 aromatic carbocycles. The topological polar surface area (TPSA) is 119 Å². The van der Waals surface area contributed by atoms with E-state index in [2.05, 4.69) is 10.0 Å². The minimum atomic E-state index is -1.83. The number of alkyl halides is 1. The Kier molecular flexibility index (Phi) is 9.46. The van der Waals surface area contributed by atoms with Crippen LogP contribution in [0.25, 0.3) is 10.4 Å². The predicted octanol–water partition coefficient (Wildman–Crippen LogP) is 1.13. The SMILES string of the molecule is CCCCO[C@H](O)C(N=[N+]=[N-])C(O)[C@H](F)C(C)CO. The number of hydrogen-bond donors (Lipinski definition) is 3. The molecule has 0 amide bonds. The maximum Gasteiger partial charge on any atom is 0.165 e. The molecule has 0 aliphatic rings. The van der Waals surface area contributed by atoms with E-state index in [1.807, 2.05) is 6.92 Å². The summed E-state index contributed by atoms with van der Waals surface area (Å²) in [6, 6.07) is -1.45. The Labute approximate surface area is 111 Å². The molecule has 0 bridgehead atoms. The second-order valence-electron chi connectivity index (χ2n) is 4.41. The van der Waals surface area contributed by atoms with Gasteiger partial charge in [0.2, 0.25) is 0 Å². The minimum absolute atomic E-state index is 0.217. The number of nitrogens with zero attached hydrogens (tertiary/aromatic N) is 3. The van der Waals surface area contributed by atoms with Crippen molar-refractivity contribution in [2.45, 2.75) is 51.3 Å². The first-order chi connectivity index (χ1) is 8.99. The maximum atomic E-state index is 13.8. The molecule has 0 aliphatic carbocycles. The molecule has 7 nitrogen and oxygen atoms in total. The highest BCUT2D eigenvalue weighted by Gasteiger charge is 2.35. The number of aliphatic hydroxyl groups is 3. The molecule has 0 aliphatic heterocycles. The van der Waals surface area contributed by atoms with Crippen LogP contribution in [0.1, 0.15) is 26.7 Å². The Morgan fingerprint density at radius 1 is 1.42 bits per heavy atom. The van der Waals surface area contributed by atoms with Crippen molar-refractivity contribution in [2.24, 2.45) is 11.0 Å². The van der Waals surface area contributed by atoms with E-state index in [1.54, 1.807) is 0 Å². The van der Waals surface area contributed by atoms with Crippen LogP contribution in [0.5, 0.6) is 0 Å². The third-order valence-electron chi connectivity index (χ3n) is 2.77. The zero-order valence-corrected chi connectivity index (χ0v) is 11.2. The molecule has 0 aromatic rings. The Bertz CT molecular complexity index is 289. The van der Waals surface area contributed by atoms with Crippen molar-refractivity contribution >= 4 is 0 Å². The second-order valence-corrected chi connectivity index (χ2v) is 4.41. The highest BCUT2D eigenvalue weighted by atomic mass is 19.1. The van der Waals surface area contributed by atoms with Gasteiger partial charge in [0.15, 0.2) is 6.29 Å². The molecule has 19 heavy (non-hydrogen) atoms. The summed E-state index contributed by atoms with van der Waals surface area (Å²) in [6.45, 7) is 3.07. The van der Waals surface area contributed by atoms with Crippen LogP contribution >= 0.6 is 0 Å². The lowest BCUT2D eigenvalue weighted by Crippen LogP contribution is -2.45. The van der Waals surface area contributed by atoms with Gasteiger partial charge in [-0.1, -0.05) is 25.4 Å². The number of rotatable bonds is 10. The van der Waals surface area contributed by atoms with Gasteiger partial charge in [0, 0.05) is 24.0 Å². The highest BCUT2D eigenvalue weighted by molar-refractivity contribution is 4.86. The molecule has 5 atom stereocenters. The number of azide groups is 1. The van der Waals surface area contributed by atoms with Crippen molar-refractivity contribution in [3.05, 3.63) is 10.4 Å². The molecular formula is C11H22FN3O4. The molecule has 3 N–H and O–H groups in total. The van der Waals surface area contributed by atoms with Gasteiger partial charge < -0.3 is 20.1 Å². The van der Waals surface area contributed by atoms with E-state index in [0.717, 1.165) is 6.42 Å². The van der Waals surface area contributed by atoms with Gasteiger partial charge in [-0.2, -0.15) is 0 Å². The summed E-state index contributed by atoms with van der Waals surface area (Å²) in [5.74, 6) is -0.839. The van der Waals surface area contributed by atoms with Crippen molar-refractivity contribution in [2.75, 3.05) is 13.2 Å². The Morgan fingerprint density at radius 2 is 2.05 bits per heavy atom. The molecule has 0 radical (unpaired) electrons. The molecule has 0 heterocycles. The molecule has 0 aromatic heterocycles. The van der Waals surface area contributed by atoms with Crippen molar-refractivity contribution < 1.29 is 24.4 Å². The first-order valence-electron chi connectivity index (χ1n) is 6.26. The van der Waals surface area contributed by atoms with Crippen molar-refractivity contribution in [1.82, 2.24) is 0 Å². The number of unbranched alkanes of at least 4 members (excludes halogenated alkanes) is 1. The summed E-state index contributed by atoms with van der Waals surface area (Å²) in [5, 5.41) is 31.4. The van der Waals surface area contributed by atoms with E-state index in [9.17, 15) is 14.6 Å². The summed E-state index contributed by atoms with van der Waals surface area (Å²) in [6.07, 6.45) is -3.63. The predicted molar refractivity (Wildman–Crippen MR) is 67.0 cm³/mol. The normalized spacial score (nSPS) is 19.1. The van der Waals surface area contributed by atoms with E-state index >= 15 is 0 Å². The van der Waals surface area contributed by atoms with Crippen LogP contribution in [0.3, 0.4) is 0 Å². The van der Waals surface area contributed by atoms with Crippen molar-refractivity contribution in [1.29, 1.82) is 0 Å². The Hall–Kier alpha value is -0.920. The van der Waals surface area contributed by atoms with Crippen LogP contribution in [0.4, 0.5) is 4.39 Å². The number of aliphatic hydroxyl groups excluding tert-OH is 3. The summed E-state index contributed by atoms with van der Waals surface area (Å²) >= 11 is 0. The minimum Gasteiger partial charge on any atom is -0.396 e. The summed E-state index contributed by atoms with van der Waals surface area (Å²) < 4.78 is 18.7. The van der Waals surface area contributed by atoms with E-state index in [1.165, 1.54) is 6.92 Å². The second kappa shape index (κ2) is 9.94. The van der Waals surface area contributed by atoms with E-state index in [0.29, 0.717) is 6.42 Å². The van der Waals surface area contributed by atoms with Gasteiger partial charge in [-0.3, -0.25) is 0 Å². The maximum absolute atomic E-state index is 13.8. The fourth-order valence-corrected chi connectivity index (χ4v) is 1.43. The first-order valence-corrected chi connectivity index (χ1v) is 6.26. The summed E-state index contributed by atoms with van der Waals surface area (Å²) in [5.41, 5.74) is 8.39. The zero-order valence-electron chi connectivity index (χ0n) is 11.2. The van der Waals surface area contributed by atoms with Crippen LogP contribution in [0.2, 0.25) is 0 Å². The lowest BCUT2D eigenvalue weighted by molar-refractivity contribution is -0.143. The average Bonchev–Trinajstić information content (AvgIpc) is 2.42. The molecule has 0 saturated carbocycles. The molecule has 0 fully saturated rings. The molecule has 0 rings (SSSR count). The smallest absolute Gasteiger partial charge is 0.165 e. The largest absolute Gasteiger partial charge is 0.396 e. The molecule has 3 unspecified atom stereocenters. The van der Waals surface area contributed by atoms with E-state index < -0.39 is 37.1 Å². The van der Waals surface area contributed by atoms with Crippen molar-refractivity contribution in [3.8, 4) is 0 Å². The van der Waals surface area contributed by atoms with E-state index in [-0.39, 0.29) is 6.61 Å². The van der Waals surface area contributed by atoms with Gasteiger partial charge in [0.1, 0.15) is 12.2 Å². The number of halogens is 1. The fourth-order valence-electron chi connectivity index (χ4n) is 1.43. The summed E-state index contributed by atoms with van der Waals surface area (Å²) in [4.78, 5) is 2.47. The average molecular weight is 279 g/mol. The molecule has 8 heteroatoms. The molecular weight excluding hydrogens is 257 g/mol. The molecule has 0 spiro atoms. The Balaban J connectivity index is 4.64. The van der Waals surface area contributed by atoms with Gasteiger partial charge in [-0.15, -0.1) is 0 Å². The zero-order chi connectivity index (χ0) is 14.8. The van der Waals surface area contributed by atoms with E-state index in [4.69, 9.17) is 15.4 Å². The van der Waals surface area contributed by atoms with Gasteiger partial charge in [-0.05, 0) is 12.0 Å². The lowest BCUT2D eigenvalue weighted by atomic mass is 9.97. The van der Waals surface area contributed by atoms with Gasteiger partial charge in [0.05, 0.1) is 6.10 Å². The standard InChI is InChI=1S/C11H22FN3O4/c1-3-4-5-19-11(18)9(14-15-13)10(17)8(12)7(2)6-16/h7-11,16-18H,3-6H2,1-2H3/t7?,8-,9?,10?,11+/m1/s1. The highest BCUT2D eigenvalue weighted by Crippen LogP contribution is 2.19. The molecule has 112 valence electrons. The number of ether oxygens (including phenoxy) is 1. The quantitative estimate of drug-likeness (QED) is 0.182. The Morgan fingerprint density at radius 3 is 2.53 bits per heavy atom. The summed E-state index contributed by atoms with van der Waals surface area (Å²) in [7, 11) is 0. The fraction of sp³-hybridized carbons (Fsp3) is 1.00. The van der Waals surface area contributed by atoms with Crippen LogP contribution in [0.15, 0.2) is 5.11 Å². The third-order valence-corrected chi connectivity index (χ3v) is 2.77. The van der Waals surface area contributed by atoms with Crippen LogP contribution in [0, 0.1) is 5.92 Å². The van der Waals surface area contributed by atoms with Gasteiger partial charge in [0.25, 0.3) is 0 Å². The lowest BCUT2D eigenvalue weighted by Gasteiger charge is -2.28. The van der Waals surface area contributed by atoms with Crippen LogP contribution in [-0.2, 0) is 4.74 Å². The van der Waals surface area contributed by atoms with Gasteiger partial charge in [-0.25, -0.2) is 4.39 Å². The molecule has 0 saturated heterocycles. The first kappa shape index (κ1) is 18.1. The van der Waals surface area contributed by atoms with Crippen LogP contribution < -0.4 is 0 Å². The van der Waals surface area contributed by atoms with Crippen molar-refractivity contribution in [3.63, 3.8) is 0 Å². The number of hydrogen-bond acceptors (Lipinski definition) is 5.